The Kier molecular flexibility index (Phi) is 5.85. The van der Waals surface area contributed by atoms with Crippen molar-refractivity contribution in [3.05, 3.63) is 34.3 Å². The minimum Gasteiger partial charge on any atom is -0.490 e. The second-order valence-electron chi connectivity index (χ2n) is 5.54. The van der Waals surface area contributed by atoms with Crippen LogP contribution in [0.3, 0.4) is 0 Å². The highest BCUT2D eigenvalue weighted by atomic mass is 79.9. The van der Waals surface area contributed by atoms with Crippen LogP contribution in [0.5, 0.6) is 5.75 Å². The van der Waals surface area contributed by atoms with Crippen LogP contribution in [0, 0.1) is 5.92 Å². The van der Waals surface area contributed by atoms with E-state index in [2.05, 4.69) is 22.9 Å². The van der Waals surface area contributed by atoms with E-state index in [1.807, 2.05) is 18.2 Å². The van der Waals surface area contributed by atoms with E-state index in [-0.39, 0.29) is 6.10 Å². The SMILES string of the molecule is CCC1CCCC(Oc2ccc(Br)c(/C=C/C(=O)O)c2)C1. The molecule has 2 atom stereocenters. The van der Waals surface area contributed by atoms with Gasteiger partial charge >= 0.3 is 5.97 Å². The van der Waals surface area contributed by atoms with Gasteiger partial charge in [-0.25, -0.2) is 4.79 Å². The van der Waals surface area contributed by atoms with Crippen LogP contribution in [0.25, 0.3) is 6.08 Å². The van der Waals surface area contributed by atoms with Crippen LogP contribution >= 0.6 is 15.9 Å². The van der Waals surface area contributed by atoms with Crippen molar-refractivity contribution in [3.8, 4) is 5.75 Å². The molecule has 114 valence electrons. The number of ether oxygens (including phenoxy) is 1. The third-order valence-electron chi connectivity index (χ3n) is 3.99. The van der Waals surface area contributed by atoms with Crippen molar-refractivity contribution in [2.24, 2.45) is 5.92 Å². The summed E-state index contributed by atoms with van der Waals surface area (Å²) in [4.78, 5) is 10.6. The summed E-state index contributed by atoms with van der Waals surface area (Å²) in [7, 11) is 0. The number of carboxylic acids is 1. The highest BCUT2D eigenvalue weighted by Crippen LogP contribution is 2.31. The maximum Gasteiger partial charge on any atom is 0.328 e. The van der Waals surface area contributed by atoms with Crippen molar-refractivity contribution in [1.82, 2.24) is 0 Å². The first-order chi connectivity index (χ1) is 10.1. The van der Waals surface area contributed by atoms with Crippen LogP contribution in [0.4, 0.5) is 0 Å². The molecule has 1 aromatic rings. The van der Waals surface area contributed by atoms with Gasteiger partial charge in [0.1, 0.15) is 5.75 Å². The Bertz CT molecular complexity index is 525. The maximum atomic E-state index is 10.6. The van der Waals surface area contributed by atoms with Crippen LogP contribution in [0.15, 0.2) is 28.7 Å². The molecule has 1 N–H and O–H groups in total. The molecule has 1 aromatic carbocycles. The second kappa shape index (κ2) is 7.64. The molecular formula is C17H21BrO3. The zero-order valence-corrected chi connectivity index (χ0v) is 13.8. The Balaban J connectivity index is 2.06. The quantitative estimate of drug-likeness (QED) is 0.767. The van der Waals surface area contributed by atoms with Gasteiger partial charge in [-0.2, -0.15) is 0 Å². The molecule has 3 nitrogen and oxygen atoms in total. The van der Waals surface area contributed by atoms with Gasteiger partial charge in [0.2, 0.25) is 0 Å². The van der Waals surface area contributed by atoms with Crippen molar-refractivity contribution < 1.29 is 14.6 Å². The number of hydrogen-bond donors (Lipinski definition) is 1. The minimum absolute atomic E-state index is 0.279. The minimum atomic E-state index is -0.953. The van der Waals surface area contributed by atoms with Crippen molar-refractivity contribution in [2.75, 3.05) is 0 Å². The lowest BCUT2D eigenvalue weighted by molar-refractivity contribution is -0.131. The van der Waals surface area contributed by atoms with Crippen LogP contribution in [-0.4, -0.2) is 17.2 Å². The fourth-order valence-electron chi connectivity index (χ4n) is 2.80. The molecule has 0 aromatic heterocycles. The molecular weight excluding hydrogens is 332 g/mol. The van der Waals surface area contributed by atoms with Gasteiger partial charge in [0.15, 0.2) is 0 Å². The zero-order chi connectivity index (χ0) is 15.2. The van der Waals surface area contributed by atoms with Gasteiger partial charge in [0.25, 0.3) is 0 Å². The van der Waals surface area contributed by atoms with E-state index in [0.717, 1.165) is 40.6 Å². The summed E-state index contributed by atoms with van der Waals surface area (Å²) in [5.74, 6) is 0.627. The third-order valence-corrected chi connectivity index (χ3v) is 4.71. The number of aliphatic carboxylic acids is 1. The molecule has 0 spiro atoms. The van der Waals surface area contributed by atoms with Gasteiger partial charge in [-0.05, 0) is 55.0 Å². The largest absolute Gasteiger partial charge is 0.490 e. The number of carbonyl (C=O) groups is 1. The van der Waals surface area contributed by atoms with Gasteiger partial charge in [-0.1, -0.05) is 35.7 Å². The molecule has 4 heteroatoms. The van der Waals surface area contributed by atoms with E-state index < -0.39 is 5.97 Å². The van der Waals surface area contributed by atoms with E-state index in [0.29, 0.717) is 0 Å². The average Bonchev–Trinajstić information content (AvgIpc) is 2.48. The molecule has 0 heterocycles. The smallest absolute Gasteiger partial charge is 0.328 e. The zero-order valence-electron chi connectivity index (χ0n) is 12.2. The molecule has 0 aliphatic heterocycles. The summed E-state index contributed by atoms with van der Waals surface area (Å²) in [6, 6.07) is 5.72. The molecule has 2 rings (SSSR count). The molecule has 1 aliphatic carbocycles. The maximum absolute atomic E-state index is 10.6. The normalized spacial score (nSPS) is 22.4. The van der Waals surface area contributed by atoms with Crippen LogP contribution in [0.1, 0.15) is 44.6 Å². The summed E-state index contributed by atoms with van der Waals surface area (Å²) < 4.78 is 6.95. The van der Waals surface area contributed by atoms with Gasteiger partial charge in [0, 0.05) is 10.5 Å². The first kappa shape index (κ1) is 16.1. The van der Waals surface area contributed by atoms with E-state index in [9.17, 15) is 4.79 Å². The van der Waals surface area contributed by atoms with E-state index >= 15 is 0 Å². The summed E-state index contributed by atoms with van der Waals surface area (Å²) in [5.41, 5.74) is 0.817. The fourth-order valence-corrected chi connectivity index (χ4v) is 3.17. The highest BCUT2D eigenvalue weighted by Gasteiger charge is 2.22. The van der Waals surface area contributed by atoms with Crippen LogP contribution in [0.2, 0.25) is 0 Å². The van der Waals surface area contributed by atoms with Gasteiger partial charge in [-0.15, -0.1) is 0 Å². The molecule has 0 amide bonds. The standard InChI is InChI=1S/C17H21BrO3/c1-2-12-4-3-5-14(10-12)21-15-7-8-16(18)13(11-15)6-9-17(19)20/h6-9,11-12,14H,2-5,10H2,1H3,(H,19,20)/b9-6+. The fraction of sp³-hybridized carbons (Fsp3) is 0.471. The molecule has 1 fully saturated rings. The van der Waals surface area contributed by atoms with Gasteiger partial charge in [0.05, 0.1) is 6.10 Å². The predicted octanol–water partition coefficient (Wildman–Crippen LogP) is 4.89. The Hall–Kier alpha value is -1.29. The number of carboxylic acid groups (broad SMARTS) is 1. The van der Waals surface area contributed by atoms with Crippen molar-refractivity contribution in [2.45, 2.75) is 45.1 Å². The van der Waals surface area contributed by atoms with Crippen molar-refractivity contribution in [3.63, 3.8) is 0 Å². The lowest BCUT2D eigenvalue weighted by atomic mass is 9.85. The molecule has 1 aliphatic rings. The summed E-state index contributed by atoms with van der Waals surface area (Å²) >= 11 is 3.43. The highest BCUT2D eigenvalue weighted by molar-refractivity contribution is 9.10. The number of rotatable bonds is 5. The summed E-state index contributed by atoms with van der Waals surface area (Å²) in [6.45, 7) is 2.24. The molecule has 0 radical (unpaired) electrons. The predicted molar refractivity (Wildman–Crippen MR) is 87.5 cm³/mol. The number of benzene rings is 1. The molecule has 1 saturated carbocycles. The first-order valence-corrected chi connectivity index (χ1v) is 8.25. The Morgan fingerprint density at radius 1 is 1.48 bits per heavy atom. The second-order valence-corrected chi connectivity index (χ2v) is 6.39. The lowest BCUT2D eigenvalue weighted by Gasteiger charge is -2.29. The van der Waals surface area contributed by atoms with E-state index in [1.54, 1.807) is 6.08 Å². The molecule has 0 bridgehead atoms. The van der Waals surface area contributed by atoms with Crippen LogP contribution in [-0.2, 0) is 4.79 Å². The average molecular weight is 353 g/mol. The first-order valence-electron chi connectivity index (χ1n) is 7.45. The van der Waals surface area contributed by atoms with Crippen molar-refractivity contribution in [1.29, 1.82) is 0 Å². The molecule has 21 heavy (non-hydrogen) atoms. The number of hydrogen-bond acceptors (Lipinski definition) is 2. The Morgan fingerprint density at radius 3 is 3.00 bits per heavy atom. The van der Waals surface area contributed by atoms with E-state index in [1.165, 1.54) is 19.3 Å². The number of halogens is 1. The topological polar surface area (TPSA) is 46.5 Å². The van der Waals surface area contributed by atoms with E-state index in [4.69, 9.17) is 9.84 Å². The van der Waals surface area contributed by atoms with Crippen LogP contribution < -0.4 is 4.74 Å². The van der Waals surface area contributed by atoms with Gasteiger partial charge in [-0.3, -0.25) is 0 Å². The summed E-state index contributed by atoms with van der Waals surface area (Å²) in [6.07, 6.45) is 8.97. The van der Waals surface area contributed by atoms with Gasteiger partial charge < -0.3 is 9.84 Å². The lowest BCUT2D eigenvalue weighted by Crippen LogP contribution is -2.25. The Labute approximate surface area is 134 Å². The monoisotopic (exact) mass is 352 g/mol. The van der Waals surface area contributed by atoms with Crippen molar-refractivity contribution >= 4 is 28.0 Å². The molecule has 0 saturated heterocycles. The third kappa shape index (κ3) is 4.88. The summed E-state index contributed by atoms with van der Waals surface area (Å²) in [5, 5.41) is 8.72. The molecule has 2 unspecified atom stereocenters. The Morgan fingerprint density at radius 2 is 2.29 bits per heavy atom.